The maximum atomic E-state index is 11.3. The van der Waals surface area contributed by atoms with Gasteiger partial charge in [0.15, 0.2) is 0 Å². The molecule has 6 heteroatoms. The third-order valence-electron chi connectivity index (χ3n) is 1.87. The van der Waals surface area contributed by atoms with Crippen LogP contribution in [0.5, 0.6) is 5.75 Å². The van der Waals surface area contributed by atoms with Crippen molar-refractivity contribution in [2.75, 3.05) is 13.7 Å². The van der Waals surface area contributed by atoms with Crippen molar-refractivity contribution in [2.24, 2.45) is 10.7 Å². The Morgan fingerprint density at radius 1 is 1.53 bits per heavy atom. The summed E-state index contributed by atoms with van der Waals surface area (Å²) in [7, 11) is 1.52. The molecule has 0 heterocycles. The van der Waals surface area contributed by atoms with Gasteiger partial charge in [-0.05, 0) is 25.1 Å². The molecule has 2 N–H and O–H groups in total. The summed E-state index contributed by atoms with van der Waals surface area (Å²) in [5, 5.41) is 0. The second kappa shape index (κ2) is 6.24. The van der Waals surface area contributed by atoms with Crippen LogP contribution in [-0.4, -0.2) is 25.5 Å². The molecule has 1 aromatic carbocycles. The molecule has 0 radical (unpaired) electrons. The number of esters is 1. The summed E-state index contributed by atoms with van der Waals surface area (Å²) in [6.07, 6.45) is 0. The molecular formula is C11H13BrN2O3. The molecule has 1 rings (SSSR count). The average molecular weight is 301 g/mol. The van der Waals surface area contributed by atoms with Gasteiger partial charge in [0.05, 0.1) is 13.7 Å². The van der Waals surface area contributed by atoms with E-state index < -0.39 is 5.97 Å². The summed E-state index contributed by atoms with van der Waals surface area (Å²) >= 11 is 3.31. The number of nitrogens with zero attached hydrogens (tertiary/aromatic N) is 1. The third-order valence-corrected chi connectivity index (χ3v) is 2.36. The maximum absolute atomic E-state index is 11.3. The molecule has 0 spiro atoms. The minimum Gasteiger partial charge on any atom is -0.494 e. The van der Waals surface area contributed by atoms with Crippen LogP contribution in [0.25, 0.3) is 0 Å². The van der Waals surface area contributed by atoms with E-state index in [-0.39, 0.29) is 12.4 Å². The molecule has 92 valence electrons. The molecule has 0 aliphatic rings. The highest BCUT2D eigenvalue weighted by molar-refractivity contribution is 9.10. The van der Waals surface area contributed by atoms with Crippen molar-refractivity contribution in [1.29, 1.82) is 0 Å². The summed E-state index contributed by atoms with van der Waals surface area (Å²) in [5.74, 6) is -0.323. The molecule has 0 atom stereocenters. The largest absolute Gasteiger partial charge is 0.494 e. The van der Waals surface area contributed by atoms with Crippen LogP contribution in [0.2, 0.25) is 0 Å². The van der Waals surface area contributed by atoms with Crippen LogP contribution < -0.4 is 10.5 Å². The Bertz CT molecular complexity index is 446. The van der Waals surface area contributed by atoms with E-state index >= 15 is 0 Å². The Kier molecular flexibility index (Phi) is 4.96. The molecule has 0 aliphatic heterocycles. The molecule has 1 aromatic rings. The number of rotatable bonds is 3. The predicted octanol–water partition coefficient (Wildman–Crippen LogP) is 2.01. The number of carbonyl (C=O) groups is 1. The SMILES string of the molecule is CCOC(=O)/C(N)=N\c1ccc(Br)cc1OC. The van der Waals surface area contributed by atoms with E-state index in [2.05, 4.69) is 20.9 Å². The maximum Gasteiger partial charge on any atom is 0.373 e. The number of ether oxygens (including phenoxy) is 2. The van der Waals surface area contributed by atoms with Gasteiger partial charge in [-0.3, -0.25) is 0 Å². The molecular weight excluding hydrogens is 288 g/mol. The number of carbonyl (C=O) groups excluding carboxylic acids is 1. The van der Waals surface area contributed by atoms with Crippen molar-refractivity contribution in [3.63, 3.8) is 0 Å². The fraction of sp³-hybridized carbons (Fsp3) is 0.273. The summed E-state index contributed by atoms with van der Waals surface area (Å²) in [5.41, 5.74) is 5.98. The quantitative estimate of drug-likeness (QED) is 0.526. The van der Waals surface area contributed by atoms with Crippen LogP contribution in [0.4, 0.5) is 5.69 Å². The van der Waals surface area contributed by atoms with Gasteiger partial charge in [-0.2, -0.15) is 0 Å². The molecule has 0 fully saturated rings. The zero-order valence-corrected chi connectivity index (χ0v) is 11.2. The van der Waals surface area contributed by atoms with Crippen molar-refractivity contribution >= 4 is 33.4 Å². The molecule has 0 aliphatic carbocycles. The summed E-state index contributed by atoms with van der Waals surface area (Å²) in [4.78, 5) is 15.2. The first kappa shape index (κ1) is 13.5. The Morgan fingerprint density at radius 3 is 2.82 bits per heavy atom. The second-order valence-corrected chi connectivity index (χ2v) is 3.95. The third kappa shape index (κ3) is 3.74. The van der Waals surface area contributed by atoms with E-state index in [0.29, 0.717) is 11.4 Å². The molecule has 0 bridgehead atoms. The number of hydrogen-bond donors (Lipinski definition) is 1. The first-order valence-electron chi connectivity index (χ1n) is 4.93. The van der Waals surface area contributed by atoms with Crippen LogP contribution in [0.3, 0.4) is 0 Å². The molecule has 0 saturated carbocycles. The van der Waals surface area contributed by atoms with Gasteiger partial charge in [-0.1, -0.05) is 15.9 Å². The lowest BCUT2D eigenvalue weighted by molar-refractivity contribution is -0.135. The lowest BCUT2D eigenvalue weighted by Gasteiger charge is -2.06. The van der Waals surface area contributed by atoms with Crippen LogP contribution in [0.15, 0.2) is 27.7 Å². The molecule has 0 unspecified atom stereocenters. The van der Waals surface area contributed by atoms with Gasteiger partial charge in [0.25, 0.3) is 0 Å². The molecule has 17 heavy (non-hydrogen) atoms. The monoisotopic (exact) mass is 300 g/mol. The lowest BCUT2D eigenvalue weighted by Crippen LogP contribution is -2.25. The van der Waals surface area contributed by atoms with Crippen molar-refractivity contribution in [3.05, 3.63) is 22.7 Å². The van der Waals surface area contributed by atoms with Gasteiger partial charge in [0.2, 0.25) is 5.84 Å². The zero-order valence-electron chi connectivity index (χ0n) is 9.57. The van der Waals surface area contributed by atoms with Gasteiger partial charge < -0.3 is 15.2 Å². The first-order valence-corrected chi connectivity index (χ1v) is 5.72. The Balaban J connectivity index is 3.01. The number of hydrogen-bond acceptors (Lipinski definition) is 4. The minimum absolute atomic E-state index is 0.201. The topological polar surface area (TPSA) is 73.9 Å². The van der Waals surface area contributed by atoms with Crippen molar-refractivity contribution in [3.8, 4) is 5.75 Å². The highest BCUT2D eigenvalue weighted by Gasteiger charge is 2.10. The van der Waals surface area contributed by atoms with Gasteiger partial charge >= 0.3 is 5.97 Å². The summed E-state index contributed by atoms with van der Waals surface area (Å²) < 4.78 is 10.7. The van der Waals surface area contributed by atoms with Crippen molar-refractivity contribution in [1.82, 2.24) is 0 Å². The molecule has 0 aromatic heterocycles. The van der Waals surface area contributed by atoms with E-state index in [1.165, 1.54) is 7.11 Å². The fourth-order valence-electron chi connectivity index (χ4n) is 1.12. The van der Waals surface area contributed by atoms with Crippen molar-refractivity contribution in [2.45, 2.75) is 6.92 Å². The minimum atomic E-state index is -0.641. The second-order valence-electron chi connectivity index (χ2n) is 3.03. The van der Waals surface area contributed by atoms with Crippen molar-refractivity contribution < 1.29 is 14.3 Å². The van der Waals surface area contributed by atoms with Gasteiger partial charge in [0.1, 0.15) is 11.4 Å². The average Bonchev–Trinajstić information content (AvgIpc) is 2.31. The number of nitrogens with two attached hydrogens (primary N) is 1. The van der Waals surface area contributed by atoms with E-state index in [4.69, 9.17) is 15.2 Å². The summed E-state index contributed by atoms with van der Waals surface area (Å²) in [6.45, 7) is 1.96. The number of methoxy groups -OCH3 is 1. The van der Waals surface area contributed by atoms with Gasteiger partial charge in [-0.15, -0.1) is 0 Å². The smallest absolute Gasteiger partial charge is 0.373 e. The summed E-state index contributed by atoms with van der Waals surface area (Å²) in [6, 6.07) is 5.20. The Hall–Kier alpha value is -1.56. The number of benzene rings is 1. The van der Waals surface area contributed by atoms with Gasteiger partial charge in [-0.25, -0.2) is 9.79 Å². The van der Waals surface area contributed by atoms with Gasteiger partial charge in [0, 0.05) is 4.47 Å². The van der Waals surface area contributed by atoms with Crippen LogP contribution in [-0.2, 0) is 9.53 Å². The highest BCUT2D eigenvalue weighted by atomic mass is 79.9. The Morgan fingerprint density at radius 2 is 2.24 bits per heavy atom. The van der Waals surface area contributed by atoms with E-state index in [1.807, 2.05) is 0 Å². The van der Waals surface area contributed by atoms with Crippen LogP contribution in [0, 0.1) is 0 Å². The van der Waals surface area contributed by atoms with E-state index in [1.54, 1.807) is 25.1 Å². The normalized spacial score (nSPS) is 11.1. The molecule has 0 amide bonds. The lowest BCUT2D eigenvalue weighted by atomic mass is 10.3. The zero-order chi connectivity index (χ0) is 12.8. The first-order chi connectivity index (χ1) is 8.08. The molecule has 0 saturated heterocycles. The Labute approximate surface area is 108 Å². The van der Waals surface area contributed by atoms with E-state index in [0.717, 1.165) is 4.47 Å². The highest BCUT2D eigenvalue weighted by Crippen LogP contribution is 2.30. The number of halogens is 1. The predicted molar refractivity (Wildman–Crippen MR) is 68.6 cm³/mol. The number of amidine groups is 1. The standard InChI is InChI=1S/C11H13BrN2O3/c1-3-17-11(15)10(13)14-8-5-4-7(12)6-9(8)16-2/h4-6H,3H2,1-2H3,(H2,13,14). The van der Waals surface area contributed by atoms with E-state index in [9.17, 15) is 4.79 Å². The fourth-order valence-corrected chi connectivity index (χ4v) is 1.46. The molecule has 5 nitrogen and oxygen atoms in total. The number of aliphatic imine (C=N–C) groups is 1. The van der Waals surface area contributed by atoms with Crippen LogP contribution in [0.1, 0.15) is 6.92 Å². The van der Waals surface area contributed by atoms with Crippen LogP contribution >= 0.6 is 15.9 Å².